The molecule has 0 heterocycles. The van der Waals surface area contributed by atoms with Crippen LogP contribution < -0.4 is 15.8 Å². The first kappa shape index (κ1) is 21.9. The van der Waals surface area contributed by atoms with E-state index in [9.17, 15) is 9.59 Å². The van der Waals surface area contributed by atoms with Crippen molar-refractivity contribution >= 4 is 23.3 Å². The summed E-state index contributed by atoms with van der Waals surface area (Å²) < 4.78 is 5.34. The number of nitrogens with two attached hydrogens (primary N) is 1. The van der Waals surface area contributed by atoms with E-state index in [1.807, 2.05) is 13.8 Å². The summed E-state index contributed by atoms with van der Waals surface area (Å²) in [6.07, 6.45) is 3.52. The van der Waals surface area contributed by atoms with Crippen molar-refractivity contribution in [1.82, 2.24) is 5.32 Å². The molecule has 0 aliphatic rings. The summed E-state index contributed by atoms with van der Waals surface area (Å²) in [5.74, 6) is -0.283. The number of amidine groups is 1. The van der Waals surface area contributed by atoms with Crippen LogP contribution in [0.15, 0.2) is 54.6 Å². The Morgan fingerprint density at radius 1 is 1.07 bits per heavy atom. The fraction of sp³-hybridized carbons (Fsp3) is 0.261. The Morgan fingerprint density at radius 2 is 1.62 bits per heavy atom. The molecule has 0 saturated carbocycles. The van der Waals surface area contributed by atoms with Crippen molar-refractivity contribution in [2.75, 3.05) is 0 Å². The first-order valence-electron chi connectivity index (χ1n) is 9.56. The lowest BCUT2D eigenvalue weighted by Crippen LogP contribution is -2.31. The third-order valence-electron chi connectivity index (χ3n) is 4.41. The summed E-state index contributed by atoms with van der Waals surface area (Å²) in [6.45, 7) is 5.92. The summed E-state index contributed by atoms with van der Waals surface area (Å²) >= 11 is 0. The summed E-state index contributed by atoms with van der Waals surface area (Å²) in [7, 11) is 0. The molecule has 152 valence electrons. The van der Waals surface area contributed by atoms with Crippen LogP contribution in [0.2, 0.25) is 0 Å². The van der Waals surface area contributed by atoms with Gasteiger partial charge in [0.05, 0.1) is 5.56 Å². The molecule has 1 amide bonds. The van der Waals surface area contributed by atoms with Crippen LogP contribution in [-0.2, 0) is 4.79 Å². The molecular weight excluding hydrogens is 366 g/mol. The van der Waals surface area contributed by atoms with Crippen molar-refractivity contribution in [3.8, 4) is 5.75 Å². The number of rotatable bonds is 8. The molecule has 0 aliphatic heterocycles. The molecule has 0 aromatic heterocycles. The van der Waals surface area contributed by atoms with Crippen LogP contribution in [0.5, 0.6) is 5.75 Å². The van der Waals surface area contributed by atoms with Gasteiger partial charge in [0.2, 0.25) is 5.91 Å². The molecule has 0 spiro atoms. The zero-order valence-electron chi connectivity index (χ0n) is 17.0. The van der Waals surface area contributed by atoms with Gasteiger partial charge in [0, 0.05) is 17.7 Å². The number of nitrogen functional groups attached to an aromatic ring is 1. The molecular formula is C23H27N3O3. The molecule has 0 saturated heterocycles. The molecule has 1 atom stereocenters. The van der Waals surface area contributed by atoms with Crippen LogP contribution in [0.1, 0.15) is 55.1 Å². The number of ether oxygens (including phenoxy) is 1. The van der Waals surface area contributed by atoms with Crippen LogP contribution in [0.4, 0.5) is 0 Å². The molecule has 4 N–H and O–H groups in total. The number of amides is 1. The third kappa shape index (κ3) is 6.60. The Labute approximate surface area is 171 Å². The predicted octanol–water partition coefficient (Wildman–Crippen LogP) is 3.90. The lowest BCUT2D eigenvalue weighted by atomic mass is 10.0. The van der Waals surface area contributed by atoms with E-state index >= 15 is 0 Å². The van der Waals surface area contributed by atoms with Gasteiger partial charge >= 0.3 is 5.97 Å². The number of esters is 1. The summed E-state index contributed by atoms with van der Waals surface area (Å²) in [4.78, 5) is 24.4. The first-order valence-corrected chi connectivity index (χ1v) is 9.56. The second-order valence-electron chi connectivity index (χ2n) is 6.93. The van der Waals surface area contributed by atoms with E-state index in [0.717, 1.165) is 24.0 Å². The molecule has 0 fully saturated rings. The zero-order chi connectivity index (χ0) is 21.4. The van der Waals surface area contributed by atoms with Gasteiger partial charge in [0.1, 0.15) is 11.6 Å². The lowest BCUT2D eigenvalue weighted by Gasteiger charge is -2.11. The number of carbonyl (C=O) groups excluding carboxylic acids is 2. The van der Waals surface area contributed by atoms with Crippen molar-refractivity contribution in [1.29, 1.82) is 5.41 Å². The van der Waals surface area contributed by atoms with E-state index in [2.05, 4.69) is 12.2 Å². The maximum Gasteiger partial charge on any atom is 0.343 e. The van der Waals surface area contributed by atoms with Crippen LogP contribution in [0.25, 0.3) is 5.57 Å². The number of hydrogen-bond acceptors (Lipinski definition) is 4. The second-order valence-corrected chi connectivity index (χ2v) is 6.93. The molecule has 2 aromatic carbocycles. The lowest BCUT2D eigenvalue weighted by molar-refractivity contribution is -0.117. The van der Waals surface area contributed by atoms with Crippen LogP contribution >= 0.6 is 0 Å². The zero-order valence-corrected chi connectivity index (χ0v) is 17.0. The molecule has 2 rings (SSSR count). The highest BCUT2D eigenvalue weighted by atomic mass is 16.5. The van der Waals surface area contributed by atoms with E-state index in [0.29, 0.717) is 16.9 Å². The fourth-order valence-corrected chi connectivity index (χ4v) is 2.81. The van der Waals surface area contributed by atoms with Crippen LogP contribution in [0.3, 0.4) is 0 Å². The average Bonchev–Trinajstić information content (AvgIpc) is 2.68. The van der Waals surface area contributed by atoms with Gasteiger partial charge in [0.25, 0.3) is 0 Å². The van der Waals surface area contributed by atoms with Crippen molar-refractivity contribution in [2.45, 2.75) is 39.7 Å². The second kappa shape index (κ2) is 10.2. The molecule has 29 heavy (non-hydrogen) atoms. The largest absolute Gasteiger partial charge is 0.423 e. The monoisotopic (exact) mass is 393 g/mol. The molecule has 0 aliphatic carbocycles. The first-order chi connectivity index (χ1) is 13.8. The maximum atomic E-state index is 12.3. The maximum absolute atomic E-state index is 12.3. The third-order valence-corrected chi connectivity index (χ3v) is 4.41. The smallest absolute Gasteiger partial charge is 0.343 e. The van der Waals surface area contributed by atoms with E-state index in [1.165, 1.54) is 0 Å². The molecule has 6 heteroatoms. The van der Waals surface area contributed by atoms with Gasteiger partial charge in [-0.25, -0.2) is 4.79 Å². The Bertz CT molecular complexity index is 900. The minimum atomic E-state index is -0.486. The standard InChI is InChI=1S/C23H27N3O3/c1-4-5-16(3)26-21(27)14-15(2)17-6-8-19(9-7-17)23(28)29-20-12-10-18(11-13-20)22(24)25/h6-14,16H,4-5H2,1-3H3,(H3,24,25)(H,26,27)/b15-14+/t16-/m1/s1. The highest BCUT2D eigenvalue weighted by Crippen LogP contribution is 2.17. The minimum absolute atomic E-state index is 0.0459. The summed E-state index contributed by atoms with van der Waals surface area (Å²) in [5, 5.41) is 10.3. The van der Waals surface area contributed by atoms with Crippen molar-refractivity contribution in [3.05, 3.63) is 71.3 Å². The number of benzene rings is 2. The van der Waals surface area contributed by atoms with E-state index in [-0.39, 0.29) is 17.8 Å². The van der Waals surface area contributed by atoms with Crippen LogP contribution in [-0.4, -0.2) is 23.8 Å². The Morgan fingerprint density at radius 3 is 2.17 bits per heavy atom. The van der Waals surface area contributed by atoms with E-state index < -0.39 is 5.97 Å². The SMILES string of the molecule is CCC[C@@H](C)NC(=O)/C=C(\C)c1ccc(C(=O)Oc2ccc(C(=N)N)cc2)cc1. The van der Waals surface area contributed by atoms with E-state index in [1.54, 1.807) is 54.6 Å². The van der Waals surface area contributed by atoms with Gasteiger partial charge in [-0.05, 0) is 67.8 Å². The van der Waals surface area contributed by atoms with Crippen molar-refractivity contribution in [2.24, 2.45) is 5.73 Å². The summed E-state index contributed by atoms with van der Waals surface area (Å²) in [5.41, 5.74) is 8.03. The molecule has 0 bridgehead atoms. The molecule has 0 unspecified atom stereocenters. The highest BCUT2D eigenvalue weighted by Gasteiger charge is 2.10. The van der Waals surface area contributed by atoms with Crippen molar-refractivity contribution in [3.63, 3.8) is 0 Å². The van der Waals surface area contributed by atoms with Gasteiger partial charge in [0.15, 0.2) is 0 Å². The topological polar surface area (TPSA) is 105 Å². The average molecular weight is 393 g/mol. The number of carbonyl (C=O) groups is 2. The highest BCUT2D eigenvalue weighted by molar-refractivity contribution is 5.96. The Balaban J connectivity index is 2.01. The van der Waals surface area contributed by atoms with Crippen LogP contribution in [0, 0.1) is 5.41 Å². The molecule has 0 radical (unpaired) electrons. The summed E-state index contributed by atoms with van der Waals surface area (Å²) in [6, 6.07) is 13.4. The Kier molecular flexibility index (Phi) is 7.71. The van der Waals surface area contributed by atoms with Crippen molar-refractivity contribution < 1.29 is 14.3 Å². The Hall–Kier alpha value is -3.41. The van der Waals surface area contributed by atoms with Gasteiger partial charge in [-0.2, -0.15) is 0 Å². The minimum Gasteiger partial charge on any atom is -0.423 e. The van der Waals surface area contributed by atoms with Gasteiger partial charge in [-0.15, -0.1) is 0 Å². The van der Waals surface area contributed by atoms with E-state index in [4.69, 9.17) is 15.9 Å². The molecule has 6 nitrogen and oxygen atoms in total. The fourth-order valence-electron chi connectivity index (χ4n) is 2.81. The number of hydrogen-bond donors (Lipinski definition) is 3. The number of allylic oxidation sites excluding steroid dienone is 1. The number of nitrogens with one attached hydrogen (secondary N) is 2. The normalized spacial score (nSPS) is 12.2. The predicted molar refractivity (Wildman–Crippen MR) is 115 cm³/mol. The van der Waals surface area contributed by atoms with Gasteiger partial charge < -0.3 is 15.8 Å². The van der Waals surface area contributed by atoms with Gasteiger partial charge in [-0.1, -0.05) is 25.5 Å². The van der Waals surface area contributed by atoms with Gasteiger partial charge in [-0.3, -0.25) is 10.2 Å². The quantitative estimate of drug-likeness (QED) is 0.208. The molecule has 2 aromatic rings.